The van der Waals surface area contributed by atoms with Gasteiger partial charge in [0.1, 0.15) is 5.75 Å². The highest BCUT2D eigenvalue weighted by Gasteiger charge is 2.52. The number of carbonyl (C=O) groups is 1. The van der Waals surface area contributed by atoms with Gasteiger partial charge in [0.15, 0.2) is 0 Å². The third-order valence-electron chi connectivity index (χ3n) is 3.20. The highest BCUT2D eigenvalue weighted by molar-refractivity contribution is 6.32. The molecular weight excluding hydrogens is 252 g/mol. The Labute approximate surface area is 112 Å². The van der Waals surface area contributed by atoms with Crippen molar-refractivity contribution in [3.05, 3.63) is 28.8 Å². The van der Waals surface area contributed by atoms with Gasteiger partial charge in [0.25, 0.3) is 0 Å². The second-order valence-corrected chi connectivity index (χ2v) is 4.79. The van der Waals surface area contributed by atoms with Gasteiger partial charge in [-0.25, -0.2) is 0 Å². The summed E-state index contributed by atoms with van der Waals surface area (Å²) in [4.78, 5) is 12.0. The number of carbonyl (C=O) groups excluding carboxylic acids is 1. The quantitative estimate of drug-likeness (QED) is 0.769. The summed E-state index contributed by atoms with van der Waals surface area (Å²) in [6.45, 7) is 4.71. The summed E-state index contributed by atoms with van der Waals surface area (Å²) in [5.41, 5.74) is 0.458. The zero-order valence-corrected chi connectivity index (χ0v) is 11.4. The van der Waals surface area contributed by atoms with E-state index in [1.807, 2.05) is 32.0 Å². The van der Waals surface area contributed by atoms with Crippen LogP contribution in [-0.4, -0.2) is 19.2 Å². The van der Waals surface area contributed by atoms with Crippen LogP contribution in [-0.2, 0) is 14.9 Å². The summed E-state index contributed by atoms with van der Waals surface area (Å²) < 4.78 is 10.5. The Bertz CT molecular complexity index is 452. The van der Waals surface area contributed by atoms with E-state index in [1.165, 1.54) is 0 Å². The molecule has 0 atom stereocenters. The van der Waals surface area contributed by atoms with Gasteiger partial charge < -0.3 is 9.47 Å². The maximum Gasteiger partial charge on any atom is 0.316 e. The fraction of sp³-hybridized carbons (Fsp3) is 0.500. The number of halogens is 1. The van der Waals surface area contributed by atoms with Gasteiger partial charge in [0.05, 0.1) is 23.7 Å². The zero-order chi connectivity index (χ0) is 13.2. The Balaban J connectivity index is 2.24. The lowest BCUT2D eigenvalue weighted by Gasteiger charge is -2.15. The van der Waals surface area contributed by atoms with Gasteiger partial charge in [0, 0.05) is 0 Å². The predicted molar refractivity (Wildman–Crippen MR) is 70.2 cm³/mol. The minimum absolute atomic E-state index is 0.148. The topological polar surface area (TPSA) is 35.5 Å². The first kappa shape index (κ1) is 13.2. The Morgan fingerprint density at radius 1 is 1.33 bits per heavy atom. The van der Waals surface area contributed by atoms with Crippen molar-refractivity contribution < 1.29 is 14.3 Å². The number of benzene rings is 1. The molecule has 0 unspecified atom stereocenters. The molecule has 2 rings (SSSR count). The molecule has 0 bridgehead atoms. The van der Waals surface area contributed by atoms with E-state index >= 15 is 0 Å². The number of rotatable bonds is 5. The molecule has 0 saturated heterocycles. The Morgan fingerprint density at radius 2 is 2.06 bits per heavy atom. The second kappa shape index (κ2) is 5.19. The molecule has 0 amide bonds. The lowest BCUT2D eigenvalue weighted by molar-refractivity contribution is -0.146. The van der Waals surface area contributed by atoms with E-state index in [4.69, 9.17) is 21.1 Å². The number of hydrogen-bond acceptors (Lipinski definition) is 3. The second-order valence-electron chi connectivity index (χ2n) is 4.38. The smallest absolute Gasteiger partial charge is 0.316 e. The largest absolute Gasteiger partial charge is 0.492 e. The van der Waals surface area contributed by atoms with Crippen LogP contribution in [0.3, 0.4) is 0 Å². The molecule has 0 aliphatic heterocycles. The Hall–Kier alpha value is -1.22. The SMILES string of the molecule is CCOC(=O)C1(c2ccc(OCC)c(Cl)c2)CC1. The summed E-state index contributed by atoms with van der Waals surface area (Å²) in [7, 11) is 0. The lowest BCUT2D eigenvalue weighted by atomic mass is 9.96. The number of hydrogen-bond donors (Lipinski definition) is 0. The van der Waals surface area contributed by atoms with Crippen LogP contribution in [0.1, 0.15) is 32.3 Å². The van der Waals surface area contributed by atoms with Gasteiger partial charge >= 0.3 is 5.97 Å². The van der Waals surface area contributed by atoms with Crippen molar-refractivity contribution in [3.63, 3.8) is 0 Å². The average molecular weight is 269 g/mol. The highest BCUT2D eigenvalue weighted by atomic mass is 35.5. The van der Waals surface area contributed by atoms with Crippen LogP contribution in [0.15, 0.2) is 18.2 Å². The van der Waals surface area contributed by atoms with Crippen LogP contribution in [0.2, 0.25) is 5.02 Å². The van der Waals surface area contributed by atoms with E-state index in [-0.39, 0.29) is 5.97 Å². The van der Waals surface area contributed by atoms with Gasteiger partial charge in [-0.1, -0.05) is 17.7 Å². The fourth-order valence-electron chi connectivity index (χ4n) is 2.08. The molecule has 98 valence electrons. The molecule has 0 heterocycles. The third-order valence-corrected chi connectivity index (χ3v) is 3.50. The predicted octanol–water partition coefficient (Wildman–Crippen LogP) is 3.33. The fourth-order valence-corrected chi connectivity index (χ4v) is 2.31. The average Bonchev–Trinajstić information content (AvgIpc) is 3.14. The summed E-state index contributed by atoms with van der Waals surface area (Å²) in [6, 6.07) is 5.54. The van der Waals surface area contributed by atoms with E-state index in [0.717, 1.165) is 18.4 Å². The van der Waals surface area contributed by atoms with Crippen molar-refractivity contribution >= 4 is 17.6 Å². The molecule has 1 aliphatic rings. The van der Waals surface area contributed by atoms with Crippen LogP contribution >= 0.6 is 11.6 Å². The maximum absolute atomic E-state index is 12.0. The van der Waals surface area contributed by atoms with Crippen molar-refractivity contribution in [1.29, 1.82) is 0 Å². The van der Waals surface area contributed by atoms with Crippen molar-refractivity contribution in [1.82, 2.24) is 0 Å². The molecule has 4 heteroatoms. The molecular formula is C14H17ClO3. The van der Waals surface area contributed by atoms with Crippen LogP contribution in [0.4, 0.5) is 0 Å². The van der Waals surface area contributed by atoms with Crippen LogP contribution in [0, 0.1) is 0 Å². The minimum atomic E-state index is -0.468. The van der Waals surface area contributed by atoms with Crippen molar-refractivity contribution in [3.8, 4) is 5.75 Å². The summed E-state index contributed by atoms with van der Waals surface area (Å²) in [5.74, 6) is 0.507. The molecule has 0 radical (unpaired) electrons. The first-order chi connectivity index (χ1) is 8.64. The Kier molecular flexibility index (Phi) is 3.81. The standard InChI is InChI=1S/C14H17ClO3/c1-3-17-12-6-5-10(9-11(12)15)14(7-8-14)13(16)18-4-2/h5-6,9H,3-4,7-8H2,1-2H3. The molecule has 3 nitrogen and oxygen atoms in total. The minimum Gasteiger partial charge on any atom is -0.492 e. The third kappa shape index (κ3) is 2.32. The van der Waals surface area contributed by atoms with Gasteiger partial charge in [-0.15, -0.1) is 0 Å². The van der Waals surface area contributed by atoms with E-state index in [0.29, 0.717) is 24.0 Å². The monoisotopic (exact) mass is 268 g/mol. The van der Waals surface area contributed by atoms with Gasteiger partial charge in [-0.2, -0.15) is 0 Å². The van der Waals surface area contributed by atoms with Gasteiger partial charge in [-0.05, 0) is 44.4 Å². The van der Waals surface area contributed by atoms with Crippen molar-refractivity contribution in [2.45, 2.75) is 32.1 Å². The summed E-state index contributed by atoms with van der Waals surface area (Å²) in [6.07, 6.45) is 1.66. The molecule has 1 saturated carbocycles. The normalized spacial score (nSPS) is 16.2. The van der Waals surface area contributed by atoms with E-state index < -0.39 is 5.41 Å². The molecule has 1 fully saturated rings. The first-order valence-electron chi connectivity index (χ1n) is 6.24. The molecule has 0 N–H and O–H groups in total. The van der Waals surface area contributed by atoms with Gasteiger partial charge in [0.2, 0.25) is 0 Å². The lowest BCUT2D eigenvalue weighted by Crippen LogP contribution is -2.23. The first-order valence-corrected chi connectivity index (χ1v) is 6.62. The molecule has 0 aromatic heterocycles. The zero-order valence-electron chi connectivity index (χ0n) is 10.7. The molecule has 1 aromatic rings. The van der Waals surface area contributed by atoms with Crippen molar-refractivity contribution in [2.24, 2.45) is 0 Å². The van der Waals surface area contributed by atoms with Crippen LogP contribution in [0.5, 0.6) is 5.75 Å². The van der Waals surface area contributed by atoms with Gasteiger partial charge in [-0.3, -0.25) is 4.79 Å². The van der Waals surface area contributed by atoms with Crippen molar-refractivity contribution in [2.75, 3.05) is 13.2 Å². The van der Waals surface area contributed by atoms with E-state index in [2.05, 4.69) is 0 Å². The van der Waals surface area contributed by atoms with E-state index in [9.17, 15) is 4.79 Å². The summed E-state index contributed by atoms with van der Waals surface area (Å²) in [5, 5.41) is 0.546. The van der Waals surface area contributed by atoms with Crippen LogP contribution in [0.25, 0.3) is 0 Å². The molecule has 1 aliphatic carbocycles. The Morgan fingerprint density at radius 3 is 2.56 bits per heavy atom. The summed E-state index contributed by atoms with van der Waals surface area (Å²) >= 11 is 6.15. The molecule has 1 aromatic carbocycles. The molecule has 18 heavy (non-hydrogen) atoms. The molecule has 0 spiro atoms. The highest BCUT2D eigenvalue weighted by Crippen LogP contribution is 2.50. The maximum atomic E-state index is 12.0. The van der Waals surface area contributed by atoms with Crippen LogP contribution < -0.4 is 4.74 Å². The number of esters is 1. The number of ether oxygens (including phenoxy) is 2. The van der Waals surface area contributed by atoms with E-state index in [1.54, 1.807) is 0 Å².